The molecule has 2 amide bonds. The number of carboxylic acid groups (broad SMARTS) is 1. The van der Waals surface area contributed by atoms with Gasteiger partial charge in [-0.3, -0.25) is 9.78 Å². The van der Waals surface area contributed by atoms with Crippen LogP contribution in [0, 0.1) is 5.92 Å². The van der Waals surface area contributed by atoms with Gasteiger partial charge in [0.1, 0.15) is 5.75 Å². The predicted octanol–water partition coefficient (Wildman–Crippen LogP) is 4.49. The fourth-order valence-electron chi connectivity index (χ4n) is 4.14. The van der Waals surface area contributed by atoms with Crippen molar-refractivity contribution in [3.05, 3.63) is 48.2 Å². The van der Waals surface area contributed by atoms with Crippen LogP contribution in [0.25, 0.3) is 11.3 Å². The number of halogens is 3. The Kier molecular flexibility index (Phi) is 11.3. The maximum absolute atomic E-state index is 12.6. The van der Waals surface area contributed by atoms with Crippen LogP contribution in [-0.2, 0) is 14.3 Å². The Morgan fingerprint density at radius 3 is 2.12 bits per heavy atom. The van der Waals surface area contributed by atoms with Crippen molar-refractivity contribution in [3.63, 3.8) is 0 Å². The second-order valence-corrected chi connectivity index (χ2v) is 9.84. The number of aliphatic carboxylic acids is 1. The van der Waals surface area contributed by atoms with Gasteiger partial charge in [-0.15, -0.1) is 0 Å². The summed E-state index contributed by atoms with van der Waals surface area (Å²) in [5, 5.41) is 7.12. The van der Waals surface area contributed by atoms with Crippen molar-refractivity contribution in [3.8, 4) is 17.0 Å². The van der Waals surface area contributed by atoms with Crippen LogP contribution in [0.1, 0.15) is 37.0 Å². The van der Waals surface area contributed by atoms with Crippen LogP contribution in [0.4, 0.5) is 18.0 Å². The Morgan fingerprint density at radius 2 is 1.61 bits per heavy atom. The number of hydrogen-bond donors (Lipinski definition) is 1. The zero-order valence-electron chi connectivity index (χ0n) is 22.9. The maximum atomic E-state index is 12.6. The van der Waals surface area contributed by atoms with Gasteiger partial charge in [-0.25, -0.2) is 9.59 Å². The highest BCUT2D eigenvalue weighted by Crippen LogP contribution is 2.23. The van der Waals surface area contributed by atoms with E-state index in [1.54, 1.807) is 11.1 Å². The van der Waals surface area contributed by atoms with Crippen molar-refractivity contribution in [1.82, 2.24) is 14.8 Å². The molecule has 1 aromatic heterocycles. The summed E-state index contributed by atoms with van der Waals surface area (Å²) in [5.74, 6) is -1.59. The Bertz CT molecular complexity index is 1140. The first-order valence-corrected chi connectivity index (χ1v) is 13.3. The summed E-state index contributed by atoms with van der Waals surface area (Å²) in [5.41, 5.74) is 2.45. The lowest BCUT2D eigenvalue weighted by Gasteiger charge is -2.31. The molecule has 2 aromatic rings. The second kappa shape index (κ2) is 14.7. The van der Waals surface area contributed by atoms with Gasteiger partial charge in [0.05, 0.1) is 37.8 Å². The molecule has 224 valence electrons. The van der Waals surface area contributed by atoms with Crippen LogP contribution >= 0.6 is 0 Å². The first kappa shape index (κ1) is 31.7. The smallest absolute Gasteiger partial charge is 0.490 e. The topological polar surface area (TPSA) is 119 Å². The summed E-state index contributed by atoms with van der Waals surface area (Å²) in [7, 11) is 0. The van der Waals surface area contributed by atoms with E-state index in [2.05, 4.69) is 4.98 Å². The van der Waals surface area contributed by atoms with E-state index in [1.165, 1.54) is 0 Å². The van der Waals surface area contributed by atoms with E-state index in [1.807, 2.05) is 55.1 Å². The SMILES string of the molecule is CC(C)OC(=O)N1CCC(COc2ccc(-c3ccc(C(=O)N4CCOCC4)cc3)nc2)CC1.O=C(O)C(F)(F)F. The van der Waals surface area contributed by atoms with Gasteiger partial charge < -0.3 is 29.1 Å². The van der Waals surface area contributed by atoms with Gasteiger partial charge in [-0.1, -0.05) is 12.1 Å². The third-order valence-electron chi connectivity index (χ3n) is 6.40. The number of morpholine rings is 1. The van der Waals surface area contributed by atoms with Crippen LogP contribution in [0.15, 0.2) is 42.6 Å². The molecule has 2 aliphatic heterocycles. The molecule has 2 aliphatic rings. The standard InChI is InChI=1S/C26H33N3O5.C2HF3O2/c1-19(2)34-26(31)29-11-9-20(10-12-29)18-33-23-7-8-24(27-17-23)21-3-5-22(6-4-21)25(30)28-13-15-32-16-14-28;3-2(4,5)1(6)7/h3-8,17,19-20H,9-16,18H2,1-2H3;(H,6,7). The van der Waals surface area contributed by atoms with Crippen molar-refractivity contribution in [2.45, 2.75) is 39.0 Å². The Hall–Kier alpha value is -3.87. The lowest BCUT2D eigenvalue weighted by Crippen LogP contribution is -2.40. The van der Waals surface area contributed by atoms with E-state index in [4.69, 9.17) is 24.1 Å². The van der Waals surface area contributed by atoms with Gasteiger partial charge >= 0.3 is 18.2 Å². The summed E-state index contributed by atoms with van der Waals surface area (Å²) in [4.78, 5) is 41.6. The van der Waals surface area contributed by atoms with Crippen molar-refractivity contribution >= 4 is 18.0 Å². The molecule has 3 heterocycles. The van der Waals surface area contributed by atoms with E-state index >= 15 is 0 Å². The number of likely N-dealkylation sites (tertiary alicyclic amines) is 1. The minimum atomic E-state index is -5.08. The number of ether oxygens (including phenoxy) is 3. The number of piperidine rings is 1. The molecular weight excluding hydrogens is 547 g/mol. The molecule has 0 atom stereocenters. The molecule has 1 aromatic carbocycles. The highest BCUT2D eigenvalue weighted by molar-refractivity contribution is 5.94. The molecule has 2 fully saturated rings. The predicted molar refractivity (Wildman–Crippen MR) is 141 cm³/mol. The zero-order chi connectivity index (χ0) is 30.0. The number of carbonyl (C=O) groups excluding carboxylic acids is 2. The van der Waals surface area contributed by atoms with Gasteiger partial charge in [-0.2, -0.15) is 13.2 Å². The quantitative estimate of drug-likeness (QED) is 0.530. The summed E-state index contributed by atoms with van der Waals surface area (Å²) in [6.45, 7) is 8.17. The van der Waals surface area contributed by atoms with E-state index in [0.29, 0.717) is 57.5 Å². The van der Waals surface area contributed by atoms with E-state index in [9.17, 15) is 22.8 Å². The van der Waals surface area contributed by atoms with E-state index in [0.717, 1.165) is 29.8 Å². The third-order valence-corrected chi connectivity index (χ3v) is 6.40. The monoisotopic (exact) mass is 581 g/mol. The van der Waals surface area contributed by atoms with E-state index in [-0.39, 0.29) is 18.1 Å². The number of alkyl halides is 3. The Labute approximate surface area is 236 Å². The molecule has 2 saturated heterocycles. The molecule has 13 heteroatoms. The average Bonchev–Trinajstić information content (AvgIpc) is 2.96. The van der Waals surface area contributed by atoms with Gasteiger partial charge in [0.15, 0.2) is 0 Å². The highest BCUT2D eigenvalue weighted by Gasteiger charge is 2.38. The third kappa shape index (κ3) is 9.92. The van der Waals surface area contributed by atoms with Gasteiger partial charge in [0.25, 0.3) is 5.91 Å². The molecule has 10 nitrogen and oxygen atoms in total. The number of benzene rings is 1. The summed E-state index contributed by atoms with van der Waals surface area (Å²) >= 11 is 0. The minimum Gasteiger partial charge on any atom is -0.492 e. The first-order chi connectivity index (χ1) is 19.4. The van der Waals surface area contributed by atoms with Gasteiger partial charge in [-0.05, 0) is 56.9 Å². The molecule has 1 N–H and O–H groups in total. The van der Waals surface area contributed by atoms with Crippen molar-refractivity contribution < 1.29 is 46.9 Å². The molecule has 0 aliphatic carbocycles. The maximum Gasteiger partial charge on any atom is 0.490 e. The molecule has 4 rings (SSSR count). The number of rotatable bonds is 6. The molecule has 0 unspecified atom stereocenters. The molecule has 41 heavy (non-hydrogen) atoms. The molecule has 0 saturated carbocycles. The molecule has 0 spiro atoms. The first-order valence-electron chi connectivity index (χ1n) is 13.3. The summed E-state index contributed by atoms with van der Waals surface area (Å²) in [6.07, 6.45) is -1.88. The van der Waals surface area contributed by atoms with Crippen molar-refractivity contribution in [1.29, 1.82) is 0 Å². The zero-order valence-corrected chi connectivity index (χ0v) is 22.9. The number of nitrogens with zero attached hydrogens (tertiary/aromatic N) is 3. The highest BCUT2D eigenvalue weighted by atomic mass is 19.4. The largest absolute Gasteiger partial charge is 0.492 e. The number of amides is 2. The van der Waals surface area contributed by atoms with Crippen LogP contribution < -0.4 is 4.74 Å². The Balaban J connectivity index is 0.000000587. The fourth-order valence-corrected chi connectivity index (χ4v) is 4.14. The number of hydrogen-bond acceptors (Lipinski definition) is 7. The lowest BCUT2D eigenvalue weighted by molar-refractivity contribution is -0.192. The van der Waals surface area contributed by atoms with Gasteiger partial charge in [0, 0.05) is 37.3 Å². The van der Waals surface area contributed by atoms with Crippen LogP contribution in [0.2, 0.25) is 0 Å². The van der Waals surface area contributed by atoms with Crippen LogP contribution in [-0.4, -0.2) is 96.1 Å². The molecule has 0 bridgehead atoms. The fraction of sp³-hybridized carbons (Fsp3) is 0.500. The second-order valence-electron chi connectivity index (χ2n) is 9.84. The lowest BCUT2D eigenvalue weighted by atomic mass is 9.98. The number of carboxylic acids is 1. The molecular formula is C28H34F3N3O7. The Morgan fingerprint density at radius 1 is 1.00 bits per heavy atom. The average molecular weight is 582 g/mol. The van der Waals surface area contributed by atoms with Crippen LogP contribution in [0.3, 0.4) is 0 Å². The summed E-state index contributed by atoms with van der Waals surface area (Å²) < 4.78 is 48.3. The van der Waals surface area contributed by atoms with Crippen LogP contribution in [0.5, 0.6) is 5.75 Å². The summed E-state index contributed by atoms with van der Waals surface area (Å²) in [6, 6.07) is 11.4. The van der Waals surface area contributed by atoms with Crippen molar-refractivity contribution in [2.75, 3.05) is 46.0 Å². The number of pyridine rings is 1. The van der Waals surface area contributed by atoms with Crippen molar-refractivity contribution in [2.24, 2.45) is 5.92 Å². The molecule has 0 radical (unpaired) electrons. The number of aromatic nitrogens is 1. The van der Waals surface area contributed by atoms with Gasteiger partial charge in [0.2, 0.25) is 0 Å². The minimum absolute atomic E-state index is 0.0363. The number of carbonyl (C=O) groups is 3. The van der Waals surface area contributed by atoms with E-state index < -0.39 is 12.1 Å². The normalized spacial score (nSPS) is 16.0.